The van der Waals surface area contributed by atoms with Gasteiger partial charge in [-0.1, -0.05) is 12.1 Å². The highest BCUT2D eigenvalue weighted by atomic mass is 35.5. The maximum absolute atomic E-state index is 5.89. The zero-order valence-electron chi connectivity index (χ0n) is 13.7. The molecule has 0 unspecified atom stereocenters. The first-order chi connectivity index (χ1) is 10.7. The van der Waals surface area contributed by atoms with Crippen LogP contribution in [0.3, 0.4) is 0 Å². The van der Waals surface area contributed by atoms with Crippen LogP contribution in [0, 0.1) is 6.92 Å². The van der Waals surface area contributed by atoms with Gasteiger partial charge in [0.05, 0.1) is 6.20 Å². The average molecular weight is 334 g/mol. The Balaban J connectivity index is 0.00000192. The molecule has 3 rings (SSSR count). The molecule has 0 spiro atoms. The fraction of sp³-hybridized carbons (Fsp3) is 0.389. The standard InChI is InChI=1S/C18H23N3O.ClH/c1-14-10-16(13-21-9-8-20-15(2)12-21)5-6-18(14)22-17-4-3-7-19-11-17;/h3-7,10-11,15,20H,8-9,12-13H2,1-2H3;1H/t15-;/m1./s1. The van der Waals surface area contributed by atoms with Gasteiger partial charge in [-0.2, -0.15) is 0 Å². The van der Waals surface area contributed by atoms with E-state index in [1.807, 2.05) is 12.1 Å². The fourth-order valence-corrected chi connectivity index (χ4v) is 2.87. The molecule has 124 valence electrons. The van der Waals surface area contributed by atoms with Crippen LogP contribution < -0.4 is 10.1 Å². The summed E-state index contributed by atoms with van der Waals surface area (Å²) < 4.78 is 5.89. The van der Waals surface area contributed by atoms with Crippen LogP contribution >= 0.6 is 12.4 Å². The number of piperazine rings is 1. The summed E-state index contributed by atoms with van der Waals surface area (Å²) in [6, 6.07) is 10.8. The molecule has 0 bridgehead atoms. The molecule has 4 nitrogen and oxygen atoms in total. The lowest BCUT2D eigenvalue weighted by Gasteiger charge is -2.31. The van der Waals surface area contributed by atoms with Crippen LogP contribution in [0.15, 0.2) is 42.7 Å². The number of nitrogens with zero attached hydrogens (tertiary/aromatic N) is 2. The summed E-state index contributed by atoms with van der Waals surface area (Å²) in [7, 11) is 0. The van der Waals surface area contributed by atoms with Crippen molar-refractivity contribution in [3.05, 3.63) is 53.9 Å². The van der Waals surface area contributed by atoms with Crippen molar-refractivity contribution in [2.45, 2.75) is 26.4 Å². The molecule has 0 amide bonds. The van der Waals surface area contributed by atoms with Gasteiger partial charge in [-0.3, -0.25) is 9.88 Å². The van der Waals surface area contributed by atoms with Crippen LogP contribution in [0.1, 0.15) is 18.1 Å². The van der Waals surface area contributed by atoms with E-state index in [0.717, 1.165) is 43.2 Å². The molecule has 1 atom stereocenters. The number of pyridine rings is 1. The number of benzene rings is 1. The van der Waals surface area contributed by atoms with E-state index in [-0.39, 0.29) is 12.4 Å². The summed E-state index contributed by atoms with van der Waals surface area (Å²) in [4.78, 5) is 6.57. The van der Waals surface area contributed by atoms with Gasteiger partial charge in [-0.05, 0) is 43.2 Å². The predicted molar refractivity (Wildman–Crippen MR) is 95.5 cm³/mol. The molecule has 0 saturated carbocycles. The van der Waals surface area contributed by atoms with Crippen LogP contribution in [0.5, 0.6) is 11.5 Å². The zero-order chi connectivity index (χ0) is 15.4. The number of nitrogens with one attached hydrogen (secondary N) is 1. The van der Waals surface area contributed by atoms with E-state index in [4.69, 9.17) is 4.74 Å². The first kappa shape index (κ1) is 17.7. The smallest absolute Gasteiger partial charge is 0.145 e. The third-order valence-corrected chi connectivity index (χ3v) is 3.96. The van der Waals surface area contributed by atoms with E-state index in [1.54, 1.807) is 12.4 Å². The Kier molecular flexibility index (Phi) is 6.39. The second-order valence-electron chi connectivity index (χ2n) is 5.98. The third kappa shape index (κ3) is 4.93. The van der Waals surface area contributed by atoms with E-state index in [9.17, 15) is 0 Å². The third-order valence-electron chi connectivity index (χ3n) is 3.96. The number of aromatic nitrogens is 1. The van der Waals surface area contributed by atoms with E-state index in [1.165, 1.54) is 5.56 Å². The van der Waals surface area contributed by atoms with Gasteiger partial charge in [0.15, 0.2) is 0 Å². The van der Waals surface area contributed by atoms with Gasteiger partial charge in [0, 0.05) is 38.4 Å². The first-order valence-electron chi connectivity index (χ1n) is 7.84. The number of ether oxygens (including phenoxy) is 1. The summed E-state index contributed by atoms with van der Waals surface area (Å²) in [5, 5.41) is 3.48. The molecule has 23 heavy (non-hydrogen) atoms. The number of aryl methyl sites for hydroxylation is 1. The molecule has 2 aromatic rings. The average Bonchev–Trinajstić information content (AvgIpc) is 2.51. The minimum atomic E-state index is 0. The summed E-state index contributed by atoms with van der Waals surface area (Å²) >= 11 is 0. The molecule has 1 aromatic heterocycles. The van der Waals surface area contributed by atoms with Crippen LogP contribution in [-0.2, 0) is 6.54 Å². The van der Waals surface area contributed by atoms with Gasteiger partial charge in [-0.25, -0.2) is 0 Å². The van der Waals surface area contributed by atoms with E-state index in [0.29, 0.717) is 6.04 Å². The fourth-order valence-electron chi connectivity index (χ4n) is 2.87. The van der Waals surface area contributed by atoms with Crippen molar-refractivity contribution in [3.8, 4) is 11.5 Å². The summed E-state index contributed by atoms with van der Waals surface area (Å²) in [5.41, 5.74) is 2.50. The van der Waals surface area contributed by atoms with E-state index < -0.39 is 0 Å². The van der Waals surface area contributed by atoms with Gasteiger partial charge in [-0.15, -0.1) is 12.4 Å². The molecule has 1 fully saturated rings. The molecular weight excluding hydrogens is 310 g/mol. The van der Waals surface area contributed by atoms with Crippen molar-refractivity contribution >= 4 is 12.4 Å². The zero-order valence-corrected chi connectivity index (χ0v) is 14.5. The van der Waals surface area contributed by atoms with Crippen LogP contribution in [0.4, 0.5) is 0 Å². The van der Waals surface area contributed by atoms with Gasteiger partial charge >= 0.3 is 0 Å². The summed E-state index contributed by atoms with van der Waals surface area (Å²) in [6.45, 7) is 8.62. The van der Waals surface area contributed by atoms with Gasteiger partial charge in [0.1, 0.15) is 11.5 Å². The molecule has 0 aliphatic carbocycles. The van der Waals surface area contributed by atoms with Crippen molar-refractivity contribution in [1.82, 2.24) is 15.2 Å². The largest absolute Gasteiger partial charge is 0.455 e. The normalized spacial score (nSPS) is 18.3. The lowest BCUT2D eigenvalue weighted by molar-refractivity contribution is 0.199. The monoisotopic (exact) mass is 333 g/mol. The highest BCUT2D eigenvalue weighted by Gasteiger charge is 2.15. The maximum atomic E-state index is 5.89. The van der Waals surface area contributed by atoms with Crippen molar-refractivity contribution in [1.29, 1.82) is 0 Å². The van der Waals surface area contributed by atoms with Crippen molar-refractivity contribution in [2.75, 3.05) is 19.6 Å². The molecular formula is C18H24ClN3O. The lowest BCUT2D eigenvalue weighted by atomic mass is 10.1. The Morgan fingerprint density at radius 3 is 2.91 bits per heavy atom. The number of halogens is 1. The molecule has 1 saturated heterocycles. The van der Waals surface area contributed by atoms with Crippen LogP contribution in [0.2, 0.25) is 0 Å². The molecule has 1 aliphatic rings. The SMILES string of the molecule is Cc1cc(CN2CCN[C@H](C)C2)ccc1Oc1cccnc1.Cl. The lowest BCUT2D eigenvalue weighted by Crippen LogP contribution is -2.48. The minimum absolute atomic E-state index is 0. The highest BCUT2D eigenvalue weighted by Crippen LogP contribution is 2.25. The van der Waals surface area contributed by atoms with Crippen LogP contribution in [0.25, 0.3) is 0 Å². The number of rotatable bonds is 4. The van der Waals surface area contributed by atoms with E-state index in [2.05, 4.69) is 47.2 Å². The molecule has 1 aromatic carbocycles. The highest BCUT2D eigenvalue weighted by molar-refractivity contribution is 5.85. The molecule has 1 N–H and O–H groups in total. The van der Waals surface area contributed by atoms with Crippen molar-refractivity contribution < 1.29 is 4.74 Å². The summed E-state index contributed by atoms with van der Waals surface area (Å²) in [6.07, 6.45) is 3.48. The Hall–Kier alpha value is -1.62. The van der Waals surface area contributed by atoms with Gasteiger partial charge < -0.3 is 10.1 Å². The second kappa shape index (κ2) is 8.29. The maximum Gasteiger partial charge on any atom is 0.145 e. The van der Waals surface area contributed by atoms with Gasteiger partial charge in [0.25, 0.3) is 0 Å². The quantitative estimate of drug-likeness (QED) is 0.930. The Morgan fingerprint density at radius 1 is 1.35 bits per heavy atom. The van der Waals surface area contributed by atoms with Gasteiger partial charge in [0.2, 0.25) is 0 Å². The topological polar surface area (TPSA) is 37.4 Å². The predicted octanol–water partition coefficient (Wildman–Crippen LogP) is 3.40. The van der Waals surface area contributed by atoms with E-state index >= 15 is 0 Å². The Labute approximate surface area is 144 Å². The number of hydrogen-bond acceptors (Lipinski definition) is 4. The first-order valence-corrected chi connectivity index (χ1v) is 7.84. The minimum Gasteiger partial charge on any atom is -0.455 e. The van der Waals surface area contributed by atoms with Crippen LogP contribution in [-0.4, -0.2) is 35.6 Å². The Bertz CT molecular complexity index is 621. The van der Waals surface area contributed by atoms with Crippen molar-refractivity contribution in [3.63, 3.8) is 0 Å². The molecule has 5 heteroatoms. The van der Waals surface area contributed by atoms with Crippen molar-refractivity contribution in [2.24, 2.45) is 0 Å². The molecule has 2 heterocycles. The Morgan fingerprint density at radius 2 is 2.22 bits per heavy atom. The second-order valence-corrected chi connectivity index (χ2v) is 5.98. The molecule has 0 radical (unpaired) electrons. The molecule has 1 aliphatic heterocycles. The number of hydrogen-bond donors (Lipinski definition) is 1. The summed E-state index contributed by atoms with van der Waals surface area (Å²) in [5.74, 6) is 1.67.